The van der Waals surface area contributed by atoms with Crippen LogP contribution in [0.15, 0.2) is 53.3 Å². The normalized spacial score (nSPS) is 23.7. The van der Waals surface area contributed by atoms with Crippen molar-refractivity contribution in [3.63, 3.8) is 0 Å². The van der Waals surface area contributed by atoms with E-state index in [1.807, 2.05) is 30.3 Å². The zero-order valence-corrected chi connectivity index (χ0v) is 16.4. The summed E-state index contributed by atoms with van der Waals surface area (Å²) < 4.78 is 0. The third kappa shape index (κ3) is 3.35. The summed E-state index contributed by atoms with van der Waals surface area (Å²) in [5, 5.41) is 12.0. The molecule has 2 aliphatic rings. The molecule has 0 radical (unpaired) electrons. The van der Waals surface area contributed by atoms with Crippen molar-refractivity contribution in [1.82, 2.24) is 15.5 Å². The van der Waals surface area contributed by atoms with Crippen LogP contribution < -0.4 is 10.9 Å². The molecule has 5 rings (SSSR count). The average Bonchev–Trinajstić information content (AvgIpc) is 3.19. The standard InChI is InChI=1S/C24H25N3O2/c28-23(21-14-11-15-5-1-2-6-18(15)21)25-17-12-9-16(10-13-17)22-19-7-3-4-8-20(19)24(29)27-26-22/h1-8,16-17,21H,9-14H2,(H,25,28)(H,27,29)/t16-,17-,21?. The highest BCUT2D eigenvalue weighted by atomic mass is 16.2. The molecule has 2 aliphatic carbocycles. The van der Waals surface area contributed by atoms with Crippen molar-refractivity contribution >= 4 is 16.7 Å². The molecule has 29 heavy (non-hydrogen) atoms. The summed E-state index contributed by atoms with van der Waals surface area (Å²) in [4.78, 5) is 24.9. The second-order valence-electron chi connectivity index (χ2n) is 8.33. The second kappa shape index (κ2) is 7.47. The molecule has 1 amide bonds. The zero-order chi connectivity index (χ0) is 19.8. The van der Waals surface area contributed by atoms with Gasteiger partial charge in [-0.05, 0) is 55.7 Å². The lowest BCUT2D eigenvalue weighted by molar-refractivity contribution is -0.123. The largest absolute Gasteiger partial charge is 0.353 e. The van der Waals surface area contributed by atoms with E-state index in [4.69, 9.17) is 0 Å². The molecule has 5 nitrogen and oxygen atoms in total. The fourth-order valence-corrected chi connectivity index (χ4v) is 5.09. The Balaban J connectivity index is 1.25. The van der Waals surface area contributed by atoms with Gasteiger partial charge in [0.05, 0.1) is 17.0 Å². The number of H-pyrrole nitrogens is 1. The topological polar surface area (TPSA) is 74.8 Å². The first-order valence-corrected chi connectivity index (χ1v) is 10.6. The molecule has 0 spiro atoms. The minimum absolute atomic E-state index is 0.00580. The number of aromatic amines is 1. The van der Waals surface area contributed by atoms with Crippen LogP contribution in [-0.2, 0) is 11.2 Å². The van der Waals surface area contributed by atoms with Gasteiger partial charge in [-0.25, -0.2) is 5.10 Å². The van der Waals surface area contributed by atoms with Crippen LogP contribution in [0.1, 0.15) is 60.8 Å². The van der Waals surface area contributed by atoms with Crippen molar-refractivity contribution in [3.8, 4) is 0 Å². The van der Waals surface area contributed by atoms with Crippen LogP contribution in [-0.4, -0.2) is 22.1 Å². The first-order valence-electron chi connectivity index (χ1n) is 10.6. The Morgan fingerprint density at radius 3 is 2.48 bits per heavy atom. The molecule has 1 unspecified atom stereocenters. The molecular weight excluding hydrogens is 362 g/mol. The van der Waals surface area contributed by atoms with Gasteiger partial charge in [0, 0.05) is 17.3 Å². The van der Waals surface area contributed by atoms with Gasteiger partial charge < -0.3 is 5.32 Å². The molecule has 0 saturated heterocycles. The molecule has 148 valence electrons. The number of benzene rings is 2. The third-order valence-corrected chi connectivity index (χ3v) is 6.64. The molecule has 5 heteroatoms. The minimum atomic E-state index is -0.137. The highest BCUT2D eigenvalue weighted by molar-refractivity contribution is 5.85. The molecule has 1 saturated carbocycles. The van der Waals surface area contributed by atoms with E-state index in [0.717, 1.165) is 49.6 Å². The highest BCUT2D eigenvalue weighted by Gasteiger charge is 2.31. The lowest BCUT2D eigenvalue weighted by Crippen LogP contribution is -2.39. The van der Waals surface area contributed by atoms with Crippen LogP contribution in [0, 0.1) is 0 Å². The maximum absolute atomic E-state index is 12.9. The predicted molar refractivity (Wildman–Crippen MR) is 113 cm³/mol. The number of fused-ring (bicyclic) bond motifs is 2. The van der Waals surface area contributed by atoms with Gasteiger partial charge in [0.2, 0.25) is 5.91 Å². The summed E-state index contributed by atoms with van der Waals surface area (Å²) in [6, 6.07) is 16.2. The van der Waals surface area contributed by atoms with E-state index in [-0.39, 0.29) is 23.4 Å². The van der Waals surface area contributed by atoms with Gasteiger partial charge in [0.15, 0.2) is 0 Å². The third-order valence-electron chi connectivity index (χ3n) is 6.64. The molecule has 0 bridgehead atoms. The van der Waals surface area contributed by atoms with Crippen molar-refractivity contribution in [2.45, 2.75) is 56.4 Å². The minimum Gasteiger partial charge on any atom is -0.353 e. The van der Waals surface area contributed by atoms with E-state index < -0.39 is 0 Å². The van der Waals surface area contributed by atoms with Crippen molar-refractivity contribution < 1.29 is 4.79 Å². The molecule has 1 aromatic heterocycles. The second-order valence-corrected chi connectivity index (χ2v) is 8.33. The SMILES string of the molecule is O=C(N[C@H]1CC[C@H](c2n[nH]c(=O)c3ccccc32)CC1)C1CCc2ccccc21. The van der Waals surface area contributed by atoms with Gasteiger partial charge >= 0.3 is 0 Å². The molecule has 1 atom stereocenters. The smallest absolute Gasteiger partial charge is 0.272 e. The lowest BCUT2D eigenvalue weighted by atomic mass is 9.82. The van der Waals surface area contributed by atoms with E-state index in [1.54, 1.807) is 0 Å². The predicted octanol–water partition coefficient (Wildman–Crippen LogP) is 3.80. The lowest BCUT2D eigenvalue weighted by Gasteiger charge is -2.30. The Bertz CT molecular complexity index is 1110. The Morgan fingerprint density at radius 1 is 0.931 bits per heavy atom. The number of aryl methyl sites for hydroxylation is 1. The van der Waals surface area contributed by atoms with E-state index in [1.165, 1.54) is 11.1 Å². The maximum Gasteiger partial charge on any atom is 0.272 e. The van der Waals surface area contributed by atoms with Crippen LogP contribution >= 0.6 is 0 Å². The van der Waals surface area contributed by atoms with Crippen LogP contribution in [0.4, 0.5) is 0 Å². The number of hydrogen-bond donors (Lipinski definition) is 2. The maximum atomic E-state index is 12.9. The molecule has 3 aromatic rings. The first kappa shape index (κ1) is 18.1. The quantitative estimate of drug-likeness (QED) is 0.718. The summed E-state index contributed by atoms with van der Waals surface area (Å²) >= 11 is 0. The molecule has 1 fully saturated rings. The number of nitrogens with one attached hydrogen (secondary N) is 2. The van der Waals surface area contributed by atoms with E-state index in [2.05, 4.69) is 33.7 Å². The molecule has 2 aromatic carbocycles. The van der Waals surface area contributed by atoms with E-state index >= 15 is 0 Å². The summed E-state index contributed by atoms with van der Waals surface area (Å²) in [5.41, 5.74) is 3.35. The Labute approximate surface area is 169 Å². The van der Waals surface area contributed by atoms with Crippen LogP contribution in [0.5, 0.6) is 0 Å². The molecule has 0 aliphatic heterocycles. The zero-order valence-electron chi connectivity index (χ0n) is 16.4. The van der Waals surface area contributed by atoms with E-state index in [9.17, 15) is 9.59 Å². The summed E-state index contributed by atoms with van der Waals surface area (Å²) in [6.07, 6.45) is 5.73. The fourth-order valence-electron chi connectivity index (χ4n) is 5.09. The Kier molecular flexibility index (Phi) is 4.66. The Morgan fingerprint density at radius 2 is 1.66 bits per heavy atom. The van der Waals surface area contributed by atoms with Crippen molar-refractivity contribution in [1.29, 1.82) is 0 Å². The van der Waals surface area contributed by atoms with Gasteiger partial charge in [0.25, 0.3) is 5.56 Å². The van der Waals surface area contributed by atoms with Gasteiger partial charge in [-0.1, -0.05) is 42.5 Å². The van der Waals surface area contributed by atoms with Crippen molar-refractivity contribution in [2.75, 3.05) is 0 Å². The van der Waals surface area contributed by atoms with E-state index in [0.29, 0.717) is 11.3 Å². The molecule has 1 heterocycles. The van der Waals surface area contributed by atoms with Crippen LogP contribution in [0.25, 0.3) is 10.8 Å². The van der Waals surface area contributed by atoms with Crippen molar-refractivity contribution in [3.05, 3.63) is 75.7 Å². The number of nitrogens with zero attached hydrogens (tertiary/aromatic N) is 1. The number of amides is 1. The number of hydrogen-bond acceptors (Lipinski definition) is 3. The summed E-state index contributed by atoms with van der Waals surface area (Å²) in [7, 11) is 0. The summed E-state index contributed by atoms with van der Waals surface area (Å²) in [5.74, 6) is 0.483. The Hall–Kier alpha value is -2.95. The monoisotopic (exact) mass is 387 g/mol. The molecular formula is C24H25N3O2. The number of carbonyl (C=O) groups is 1. The molecule has 2 N–H and O–H groups in total. The number of carbonyl (C=O) groups excluding carboxylic acids is 1. The summed E-state index contributed by atoms with van der Waals surface area (Å²) in [6.45, 7) is 0. The van der Waals surface area contributed by atoms with Gasteiger partial charge in [-0.2, -0.15) is 5.10 Å². The van der Waals surface area contributed by atoms with Gasteiger partial charge in [-0.15, -0.1) is 0 Å². The first-order chi connectivity index (χ1) is 14.2. The van der Waals surface area contributed by atoms with Gasteiger partial charge in [-0.3, -0.25) is 9.59 Å². The van der Waals surface area contributed by atoms with Crippen molar-refractivity contribution in [2.24, 2.45) is 0 Å². The number of aromatic nitrogens is 2. The fraction of sp³-hybridized carbons (Fsp3) is 0.375. The average molecular weight is 387 g/mol. The van der Waals surface area contributed by atoms with Crippen LogP contribution in [0.3, 0.4) is 0 Å². The van der Waals surface area contributed by atoms with Gasteiger partial charge in [0.1, 0.15) is 0 Å². The highest BCUT2D eigenvalue weighted by Crippen LogP contribution is 2.36. The number of rotatable bonds is 3. The van der Waals surface area contributed by atoms with Crippen LogP contribution in [0.2, 0.25) is 0 Å².